The van der Waals surface area contributed by atoms with E-state index in [1.807, 2.05) is 0 Å². The van der Waals surface area contributed by atoms with Crippen LogP contribution in [0.15, 0.2) is 36.4 Å². The molecular formula is C14H10Cl2F3NO. The molecule has 112 valence electrons. The molecule has 0 aliphatic carbocycles. The van der Waals surface area contributed by atoms with E-state index in [4.69, 9.17) is 23.2 Å². The first-order valence-electron chi connectivity index (χ1n) is 5.85. The number of nitrogens with one attached hydrogen (secondary N) is 1. The van der Waals surface area contributed by atoms with Crippen molar-refractivity contribution in [2.75, 3.05) is 5.32 Å². The number of hydrogen-bond acceptors (Lipinski definition) is 2. The Morgan fingerprint density at radius 2 is 1.81 bits per heavy atom. The standard InChI is InChI=1S/C14H10Cl2F3NO/c15-9-4-8(14(17,18)19)5-10(6-9)20-7-11-12(16)2-1-3-13(11)21/h1-6,20-21H,7H2. The van der Waals surface area contributed by atoms with Crippen LogP contribution >= 0.6 is 23.2 Å². The van der Waals surface area contributed by atoms with Crippen molar-refractivity contribution in [3.05, 3.63) is 57.6 Å². The number of halogens is 5. The molecule has 2 N–H and O–H groups in total. The van der Waals surface area contributed by atoms with Crippen molar-refractivity contribution in [2.24, 2.45) is 0 Å². The quantitative estimate of drug-likeness (QED) is 0.794. The zero-order valence-corrected chi connectivity index (χ0v) is 12.0. The van der Waals surface area contributed by atoms with Gasteiger partial charge in [-0.15, -0.1) is 0 Å². The third kappa shape index (κ3) is 3.95. The van der Waals surface area contributed by atoms with Crippen LogP contribution in [0.4, 0.5) is 18.9 Å². The topological polar surface area (TPSA) is 32.3 Å². The minimum Gasteiger partial charge on any atom is -0.508 e. The van der Waals surface area contributed by atoms with Gasteiger partial charge in [0, 0.05) is 27.8 Å². The van der Waals surface area contributed by atoms with E-state index >= 15 is 0 Å². The minimum atomic E-state index is -4.48. The normalized spacial score (nSPS) is 11.5. The lowest BCUT2D eigenvalue weighted by Gasteiger charge is -2.13. The predicted octanol–water partition coefficient (Wildman–Crippen LogP) is 5.33. The van der Waals surface area contributed by atoms with Gasteiger partial charge >= 0.3 is 6.18 Å². The van der Waals surface area contributed by atoms with E-state index < -0.39 is 11.7 Å². The Labute approximate surface area is 129 Å². The van der Waals surface area contributed by atoms with E-state index in [1.54, 1.807) is 12.1 Å². The number of aromatic hydroxyl groups is 1. The van der Waals surface area contributed by atoms with Crippen LogP contribution in [0.1, 0.15) is 11.1 Å². The highest BCUT2D eigenvalue weighted by Gasteiger charge is 2.31. The Morgan fingerprint density at radius 3 is 2.43 bits per heavy atom. The molecule has 0 fully saturated rings. The van der Waals surface area contributed by atoms with Crippen LogP contribution < -0.4 is 5.32 Å². The number of phenols is 1. The highest BCUT2D eigenvalue weighted by molar-refractivity contribution is 6.31. The van der Waals surface area contributed by atoms with Crippen molar-refractivity contribution in [3.8, 4) is 5.75 Å². The van der Waals surface area contributed by atoms with Crippen LogP contribution in [-0.4, -0.2) is 5.11 Å². The maximum absolute atomic E-state index is 12.7. The summed E-state index contributed by atoms with van der Waals surface area (Å²) in [6, 6.07) is 7.76. The molecule has 2 rings (SSSR count). The van der Waals surface area contributed by atoms with E-state index in [9.17, 15) is 18.3 Å². The molecule has 0 radical (unpaired) electrons. The van der Waals surface area contributed by atoms with E-state index in [-0.39, 0.29) is 23.0 Å². The highest BCUT2D eigenvalue weighted by Crippen LogP contribution is 2.34. The number of anilines is 1. The largest absolute Gasteiger partial charge is 0.508 e. The van der Waals surface area contributed by atoms with Gasteiger partial charge in [-0.3, -0.25) is 0 Å². The molecule has 2 aromatic rings. The maximum atomic E-state index is 12.7. The Kier molecular flexibility index (Phi) is 4.54. The average Bonchev–Trinajstić information content (AvgIpc) is 2.36. The summed E-state index contributed by atoms with van der Waals surface area (Å²) in [7, 11) is 0. The van der Waals surface area contributed by atoms with E-state index in [1.165, 1.54) is 12.1 Å². The fourth-order valence-electron chi connectivity index (χ4n) is 1.77. The van der Waals surface area contributed by atoms with Gasteiger partial charge in [-0.2, -0.15) is 13.2 Å². The van der Waals surface area contributed by atoms with Crippen LogP contribution in [0.25, 0.3) is 0 Å². The summed E-state index contributed by atoms with van der Waals surface area (Å²) < 4.78 is 38.1. The first kappa shape index (κ1) is 15.8. The lowest BCUT2D eigenvalue weighted by Crippen LogP contribution is -2.07. The van der Waals surface area contributed by atoms with Crippen LogP contribution in [0.2, 0.25) is 10.0 Å². The second-order valence-electron chi connectivity index (χ2n) is 4.32. The van der Waals surface area contributed by atoms with Gasteiger partial charge in [0.25, 0.3) is 0 Å². The highest BCUT2D eigenvalue weighted by atomic mass is 35.5. The van der Waals surface area contributed by atoms with Crippen LogP contribution in [0.3, 0.4) is 0 Å². The molecule has 21 heavy (non-hydrogen) atoms. The predicted molar refractivity (Wildman–Crippen MR) is 76.9 cm³/mol. The molecule has 7 heteroatoms. The Bertz CT molecular complexity index is 639. The molecule has 0 aromatic heterocycles. The first-order valence-corrected chi connectivity index (χ1v) is 6.61. The molecule has 0 aliphatic rings. The smallest absolute Gasteiger partial charge is 0.416 e. The van der Waals surface area contributed by atoms with Crippen molar-refractivity contribution >= 4 is 28.9 Å². The van der Waals surface area contributed by atoms with Crippen LogP contribution in [0, 0.1) is 0 Å². The summed E-state index contributed by atoms with van der Waals surface area (Å²) in [5.41, 5.74) is -0.261. The molecule has 0 unspecified atom stereocenters. The van der Waals surface area contributed by atoms with Crippen LogP contribution in [0.5, 0.6) is 5.75 Å². The van der Waals surface area contributed by atoms with Crippen molar-refractivity contribution in [1.82, 2.24) is 0 Å². The fraction of sp³-hybridized carbons (Fsp3) is 0.143. The molecule has 0 heterocycles. The summed E-state index contributed by atoms with van der Waals surface area (Å²) in [4.78, 5) is 0. The molecule has 2 nitrogen and oxygen atoms in total. The molecule has 0 aliphatic heterocycles. The summed E-state index contributed by atoms with van der Waals surface area (Å²) in [6.07, 6.45) is -4.48. The zero-order valence-electron chi connectivity index (χ0n) is 10.5. The van der Waals surface area contributed by atoms with Gasteiger partial charge in [0.05, 0.1) is 5.56 Å². The van der Waals surface area contributed by atoms with Gasteiger partial charge in [0.15, 0.2) is 0 Å². The minimum absolute atomic E-state index is 0.0318. The first-order chi connectivity index (χ1) is 9.77. The zero-order chi connectivity index (χ0) is 15.6. The van der Waals surface area contributed by atoms with Crippen LogP contribution in [-0.2, 0) is 12.7 Å². The molecule has 2 aromatic carbocycles. The van der Waals surface area contributed by atoms with Gasteiger partial charge < -0.3 is 10.4 Å². The summed E-state index contributed by atoms with van der Waals surface area (Å²) >= 11 is 11.6. The van der Waals surface area contributed by atoms with Gasteiger partial charge in [-0.1, -0.05) is 29.3 Å². The van der Waals surface area contributed by atoms with Crippen molar-refractivity contribution in [3.63, 3.8) is 0 Å². The average molecular weight is 336 g/mol. The fourth-order valence-corrected chi connectivity index (χ4v) is 2.24. The number of phenolic OH excluding ortho intramolecular Hbond substituents is 1. The summed E-state index contributed by atoms with van der Waals surface area (Å²) in [6.45, 7) is 0.0726. The van der Waals surface area contributed by atoms with E-state index in [0.29, 0.717) is 10.6 Å². The molecule has 0 bridgehead atoms. The lowest BCUT2D eigenvalue weighted by molar-refractivity contribution is -0.137. The number of rotatable bonds is 3. The second kappa shape index (κ2) is 6.03. The molecule has 0 saturated heterocycles. The third-order valence-corrected chi connectivity index (χ3v) is 3.36. The summed E-state index contributed by atoms with van der Waals surface area (Å²) in [5, 5.41) is 12.7. The number of alkyl halides is 3. The molecule has 0 saturated carbocycles. The van der Waals surface area contributed by atoms with Gasteiger partial charge in [-0.25, -0.2) is 0 Å². The lowest BCUT2D eigenvalue weighted by atomic mass is 10.1. The Hall–Kier alpha value is -1.59. The van der Waals surface area contributed by atoms with Gasteiger partial charge in [0.2, 0.25) is 0 Å². The molecule has 0 spiro atoms. The second-order valence-corrected chi connectivity index (χ2v) is 5.16. The maximum Gasteiger partial charge on any atom is 0.416 e. The van der Waals surface area contributed by atoms with Crippen molar-refractivity contribution in [2.45, 2.75) is 12.7 Å². The van der Waals surface area contributed by atoms with Crippen molar-refractivity contribution < 1.29 is 18.3 Å². The number of hydrogen-bond donors (Lipinski definition) is 2. The Morgan fingerprint density at radius 1 is 1.10 bits per heavy atom. The summed E-state index contributed by atoms with van der Waals surface area (Å²) in [5.74, 6) is -0.0342. The SMILES string of the molecule is Oc1cccc(Cl)c1CNc1cc(Cl)cc(C(F)(F)F)c1. The van der Waals surface area contributed by atoms with E-state index in [2.05, 4.69) is 5.32 Å². The van der Waals surface area contributed by atoms with Gasteiger partial charge in [0.1, 0.15) is 5.75 Å². The van der Waals surface area contributed by atoms with Gasteiger partial charge in [-0.05, 0) is 30.3 Å². The molecule has 0 atom stereocenters. The Balaban J connectivity index is 2.23. The number of benzene rings is 2. The third-order valence-electron chi connectivity index (χ3n) is 2.79. The molecular weight excluding hydrogens is 326 g/mol. The molecule has 0 amide bonds. The van der Waals surface area contributed by atoms with E-state index in [0.717, 1.165) is 12.1 Å². The monoisotopic (exact) mass is 335 g/mol. The van der Waals surface area contributed by atoms with Crippen molar-refractivity contribution in [1.29, 1.82) is 0 Å².